The third-order valence-electron chi connectivity index (χ3n) is 5.51. The van der Waals surface area contributed by atoms with Crippen LogP contribution in [0.3, 0.4) is 0 Å². The average molecular weight is 401 g/mol. The maximum atomic E-state index is 12.9. The summed E-state index contributed by atoms with van der Waals surface area (Å²) in [5.41, 5.74) is 2.41. The van der Waals surface area contributed by atoms with Gasteiger partial charge in [-0.05, 0) is 55.9 Å². The van der Waals surface area contributed by atoms with Crippen molar-refractivity contribution < 1.29 is 13.2 Å². The van der Waals surface area contributed by atoms with Gasteiger partial charge in [-0.2, -0.15) is 0 Å². The predicted octanol–water partition coefficient (Wildman–Crippen LogP) is 3.57. The lowest BCUT2D eigenvalue weighted by Crippen LogP contribution is -2.39. The lowest BCUT2D eigenvalue weighted by Gasteiger charge is -2.32. The summed E-state index contributed by atoms with van der Waals surface area (Å²) in [7, 11) is -1.82. The van der Waals surface area contributed by atoms with Gasteiger partial charge in [0.1, 0.15) is 0 Å². The standard InChI is InChI=1S/C22H28N2O3S/c1-3-28(26,27)23(2)21-11-7-10-20(17-21)22(25)24-14-12-19(13-15-24)16-18-8-5-4-6-9-18/h4-11,17,19H,3,12-16H2,1-2H3. The number of carbonyl (C=O) groups is 1. The van der Waals surface area contributed by atoms with E-state index in [4.69, 9.17) is 0 Å². The molecule has 0 saturated carbocycles. The zero-order valence-corrected chi connectivity index (χ0v) is 17.4. The normalized spacial score (nSPS) is 15.4. The van der Waals surface area contributed by atoms with E-state index in [0.29, 0.717) is 17.2 Å². The minimum absolute atomic E-state index is 0.0244. The molecule has 6 heteroatoms. The number of sulfonamides is 1. The largest absolute Gasteiger partial charge is 0.339 e. The fourth-order valence-corrected chi connectivity index (χ4v) is 4.48. The van der Waals surface area contributed by atoms with Gasteiger partial charge in [-0.25, -0.2) is 8.42 Å². The molecule has 1 aliphatic heterocycles. The molecule has 2 aromatic rings. The quantitative estimate of drug-likeness (QED) is 0.745. The van der Waals surface area contributed by atoms with E-state index in [0.717, 1.165) is 32.4 Å². The molecule has 0 N–H and O–H groups in total. The summed E-state index contributed by atoms with van der Waals surface area (Å²) in [6.45, 7) is 3.09. The minimum Gasteiger partial charge on any atom is -0.339 e. The number of rotatable bonds is 6. The summed E-state index contributed by atoms with van der Waals surface area (Å²) < 4.78 is 25.4. The first-order valence-corrected chi connectivity index (χ1v) is 11.4. The number of hydrogen-bond acceptors (Lipinski definition) is 3. The van der Waals surface area contributed by atoms with E-state index < -0.39 is 10.0 Å². The first kappa shape index (κ1) is 20.4. The first-order valence-electron chi connectivity index (χ1n) is 9.80. The molecule has 1 aliphatic rings. The fraction of sp³-hybridized carbons (Fsp3) is 0.409. The lowest BCUT2D eigenvalue weighted by atomic mass is 9.90. The molecule has 0 aliphatic carbocycles. The van der Waals surface area contributed by atoms with Gasteiger partial charge in [-0.15, -0.1) is 0 Å². The van der Waals surface area contributed by atoms with Crippen LogP contribution in [0.15, 0.2) is 54.6 Å². The van der Waals surface area contributed by atoms with E-state index in [1.54, 1.807) is 31.2 Å². The molecule has 0 radical (unpaired) electrons. The third-order valence-corrected chi connectivity index (χ3v) is 7.28. The molecule has 0 atom stereocenters. The van der Waals surface area contributed by atoms with E-state index in [-0.39, 0.29) is 11.7 Å². The van der Waals surface area contributed by atoms with Crippen molar-refractivity contribution in [3.05, 3.63) is 65.7 Å². The topological polar surface area (TPSA) is 57.7 Å². The Hall–Kier alpha value is -2.34. The summed E-state index contributed by atoms with van der Waals surface area (Å²) in [5.74, 6) is 0.595. The van der Waals surface area contributed by atoms with Crippen LogP contribution in [0.1, 0.15) is 35.7 Å². The molecule has 3 rings (SSSR count). The molecule has 1 saturated heterocycles. The zero-order valence-electron chi connectivity index (χ0n) is 16.5. The Bertz CT molecular complexity index is 904. The van der Waals surface area contributed by atoms with Crippen LogP contribution in [0.5, 0.6) is 0 Å². The fourth-order valence-electron chi connectivity index (χ4n) is 3.66. The van der Waals surface area contributed by atoms with Gasteiger partial charge in [-0.1, -0.05) is 36.4 Å². The van der Waals surface area contributed by atoms with Gasteiger partial charge in [0, 0.05) is 25.7 Å². The Kier molecular flexibility index (Phi) is 6.39. The Balaban J connectivity index is 1.63. The first-order chi connectivity index (χ1) is 13.4. The molecule has 28 heavy (non-hydrogen) atoms. The van der Waals surface area contributed by atoms with Crippen molar-refractivity contribution in [2.24, 2.45) is 5.92 Å². The molecule has 0 spiro atoms. The van der Waals surface area contributed by atoms with Gasteiger partial charge in [0.05, 0.1) is 11.4 Å². The molecule has 0 bridgehead atoms. The molecular weight excluding hydrogens is 372 g/mol. The second-order valence-electron chi connectivity index (χ2n) is 7.34. The van der Waals surface area contributed by atoms with E-state index in [2.05, 4.69) is 24.3 Å². The van der Waals surface area contributed by atoms with Gasteiger partial charge >= 0.3 is 0 Å². The monoisotopic (exact) mass is 400 g/mol. The number of amides is 1. The molecule has 5 nitrogen and oxygen atoms in total. The van der Waals surface area contributed by atoms with Crippen molar-refractivity contribution in [3.63, 3.8) is 0 Å². The average Bonchev–Trinajstić information content (AvgIpc) is 2.74. The van der Waals surface area contributed by atoms with E-state index >= 15 is 0 Å². The molecule has 0 unspecified atom stereocenters. The predicted molar refractivity (Wildman–Crippen MR) is 113 cm³/mol. The van der Waals surface area contributed by atoms with E-state index in [1.165, 1.54) is 16.9 Å². The van der Waals surface area contributed by atoms with Crippen LogP contribution < -0.4 is 4.31 Å². The van der Waals surface area contributed by atoms with Crippen LogP contribution in [0.25, 0.3) is 0 Å². The number of carbonyl (C=O) groups excluding carboxylic acids is 1. The van der Waals surface area contributed by atoms with Crippen LogP contribution in [-0.2, 0) is 16.4 Å². The highest BCUT2D eigenvalue weighted by Crippen LogP contribution is 2.24. The van der Waals surface area contributed by atoms with Crippen molar-refractivity contribution in [2.45, 2.75) is 26.2 Å². The SMILES string of the molecule is CCS(=O)(=O)N(C)c1cccc(C(=O)N2CCC(Cc3ccccc3)CC2)c1. The number of nitrogens with zero attached hydrogens (tertiary/aromatic N) is 2. The number of piperidine rings is 1. The van der Waals surface area contributed by atoms with Crippen LogP contribution in [-0.4, -0.2) is 45.1 Å². The van der Waals surface area contributed by atoms with Crippen LogP contribution >= 0.6 is 0 Å². The highest BCUT2D eigenvalue weighted by Gasteiger charge is 2.24. The molecule has 1 heterocycles. The van der Waals surface area contributed by atoms with Gasteiger partial charge in [0.2, 0.25) is 10.0 Å². The number of likely N-dealkylation sites (tertiary alicyclic amines) is 1. The summed E-state index contributed by atoms with van der Waals surface area (Å²) in [6.07, 6.45) is 3.03. The van der Waals surface area contributed by atoms with E-state index in [9.17, 15) is 13.2 Å². The summed E-state index contributed by atoms with van der Waals surface area (Å²) in [4.78, 5) is 14.8. The van der Waals surface area contributed by atoms with Crippen LogP contribution in [0.2, 0.25) is 0 Å². The van der Waals surface area contributed by atoms with Crippen molar-refractivity contribution in [2.75, 3.05) is 30.2 Å². The minimum atomic E-state index is -3.35. The molecule has 2 aromatic carbocycles. The highest BCUT2D eigenvalue weighted by atomic mass is 32.2. The smallest absolute Gasteiger partial charge is 0.253 e. The Morgan fingerprint density at radius 2 is 1.75 bits per heavy atom. The number of benzene rings is 2. The van der Waals surface area contributed by atoms with Gasteiger partial charge in [0.25, 0.3) is 5.91 Å². The highest BCUT2D eigenvalue weighted by molar-refractivity contribution is 7.92. The number of hydrogen-bond donors (Lipinski definition) is 0. The Morgan fingerprint density at radius 1 is 1.07 bits per heavy atom. The van der Waals surface area contributed by atoms with Crippen LogP contribution in [0.4, 0.5) is 5.69 Å². The third kappa shape index (κ3) is 4.73. The Labute approximate surface area is 168 Å². The van der Waals surface area contributed by atoms with Gasteiger partial charge in [-0.3, -0.25) is 9.10 Å². The molecular formula is C22H28N2O3S. The number of anilines is 1. The van der Waals surface area contributed by atoms with E-state index in [1.807, 2.05) is 11.0 Å². The zero-order chi connectivity index (χ0) is 20.1. The molecule has 1 fully saturated rings. The van der Waals surface area contributed by atoms with Gasteiger partial charge < -0.3 is 4.90 Å². The maximum absolute atomic E-state index is 12.9. The Morgan fingerprint density at radius 3 is 2.39 bits per heavy atom. The van der Waals surface area contributed by atoms with Crippen molar-refractivity contribution in [1.82, 2.24) is 4.90 Å². The summed E-state index contributed by atoms with van der Waals surface area (Å²) in [6, 6.07) is 17.4. The second kappa shape index (κ2) is 8.78. The van der Waals surface area contributed by atoms with Crippen molar-refractivity contribution >= 4 is 21.6 Å². The molecule has 0 aromatic heterocycles. The molecule has 1 amide bonds. The summed E-state index contributed by atoms with van der Waals surface area (Å²) in [5, 5.41) is 0. The van der Waals surface area contributed by atoms with Gasteiger partial charge in [0.15, 0.2) is 0 Å². The molecule has 150 valence electrons. The second-order valence-corrected chi connectivity index (χ2v) is 9.63. The maximum Gasteiger partial charge on any atom is 0.253 e. The summed E-state index contributed by atoms with van der Waals surface area (Å²) >= 11 is 0. The van der Waals surface area contributed by atoms with Crippen molar-refractivity contribution in [1.29, 1.82) is 0 Å². The van der Waals surface area contributed by atoms with Crippen LogP contribution in [0, 0.1) is 5.92 Å². The van der Waals surface area contributed by atoms with Crippen molar-refractivity contribution in [3.8, 4) is 0 Å². The lowest BCUT2D eigenvalue weighted by molar-refractivity contribution is 0.0690.